The van der Waals surface area contributed by atoms with Crippen molar-refractivity contribution in [3.63, 3.8) is 0 Å². The second-order valence-electron chi connectivity index (χ2n) is 5.92. The van der Waals surface area contributed by atoms with Crippen molar-refractivity contribution in [2.75, 3.05) is 33.2 Å². The Labute approximate surface area is 124 Å². The topological polar surface area (TPSA) is 49.6 Å². The van der Waals surface area contributed by atoms with Gasteiger partial charge in [0.05, 0.1) is 10.9 Å². The van der Waals surface area contributed by atoms with Crippen molar-refractivity contribution in [3.8, 4) is 0 Å². The fourth-order valence-corrected chi connectivity index (χ4v) is 4.43. The third-order valence-electron chi connectivity index (χ3n) is 4.43. The molecule has 1 unspecified atom stereocenters. The molecule has 0 saturated carbocycles. The van der Waals surface area contributed by atoms with Crippen LogP contribution in [0.3, 0.4) is 0 Å². The predicted molar refractivity (Wildman–Crippen MR) is 82.3 cm³/mol. The summed E-state index contributed by atoms with van der Waals surface area (Å²) in [5.41, 5.74) is 7.26. The number of likely N-dealkylation sites (N-methyl/N-ethyl adjacent to an activating group) is 1. The van der Waals surface area contributed by atoms with Crippen molar-refractivity contribution in [2.45, 2.75) is 31.7 Å². The number of nitrogens with two attached hydrogens (primary N) is 1. The van der Waals surface area contributed by atoms with Gasteiger partial charge < -0.3 is 15.5 Å². The number of hydrogen-bond acceptors (Lipinski definition) is 4. The molecule has 3 rings (SSSR count). The molecular weight excluding hydrogens is 270 g/mol. The molecule has 0 bridgehead atoms. The molecule has 5 heteroatoms. The Morgan fingerprint density at radius 3 is 2.95 bits per heavy atom. The number of carbonyl (C=O) groups excluding carboxylic acids is 1. The molecule has 1 aromatic rings. The fraction of sp³-hybridized carbons (Fsp3) is 0.667. The zero-order chi connectivity index (χ0) is 14.1. The molecule has 1 aromatic heterocycles. The van der Waals surface area contributed by atoms with E-state index in [1.54, 1.807) is 11.3 Å². The van der Waals surface area contributed by atoms with Crippen LogP contribution in [0.2, 0.25) is 0 Å². The van der Waals surface area contributed by atoms with Gasteiger partial charge in [0.1, 0.15) is 0 Å². The molecule has 1 aliphatic carbocycles. The molecule has 1 saturated heterocycles. The SMILES string of the molecule is CN1CCN(C(=O)c2cc3c(s2)CCCC3)C(CN)C1. The number of amides is 1. The molecule has 0 aromatic carbocycles. The van der Waals surface area contributed by atoms with E-state index in [1.807, 2.05) is 4.90 Å². The van der Waals surface area contributed by atoms with Crippen molar-refractivity contribution in [1.82, 2.24) is 9.80 Å². The maximum Gasteiger partial charge on any atom is 0.264 e. The van der Waals surface area contributed by atoms with Crippen LogP contribution in [0.4, 0.5) is 0 Å². The second kappa shape index (κ2) is 5.84. The minimum absolute atomic E-state index is 0.153. The minimum atomic E-state index is 0.153. The van der Waals surface area contributed by atoms with Gasteiger partial charge in [0.25, 0.3) is 5.91 Å². The van der Waals surface area contributed by atoms with E-state index in [2.05, 4.69) is 18.0 Å². The highest BCUT2D eigenvalue weighted by molar-refractivity contribution is 7.14. The van der Waals surface area contributed by atoms with Crippen molar-refractivity contribution in [3.05, 3.63) is 21.4 Å². The lowest BCUT2D eigenvalue weighted by molar-refractivity contribution is 0.0520. The van der Waals surface area contributed by atoms with Gasteiger partial charge in [-0.3, -0.25) is 4.79 Å². The zero-order valence-corrected chi connectivity index (χ0v) is 12.9. The summed E-state index contributed by atoms with van der Waals surface area (Å²) >= 11 is 1.70. The summed E-state index contributed by atoms with van der Waals surface area (Å²) < 4.78 is 0. The third kappa shape index (κ3) is 2.62. The first kappa shape index (κ1) is 14.0. The van der Waals surface area contributed by atoms with Crippen molar-refractivity contribution in [1.29, 1.82) is 0 Å². The summed E-state index contributed by atoms with van der Waals surface area (Å²) in [5.74, 6) is 0.188. The summed E-state index contributed by atoms with van der Waals surface area (Å²) in [5, 5.41) is 0. The minimum Gasteiger partial charge on any atom is -0.331 e. The van der Waals surface area contributed by atoms with Crippen LogP contribution < -0.4 is 5.73 Å². The van der Waals surface area contributed by atoms with E-state index in [1.165, 1.54) is 23.3 Å². The molecule has 110 valence electrons. The number of thiophene rings is 1. The molecule has 1 aliphatic heterocycles. The van der Waals surface area contributed by atoms with E-state index in [9.17, 15) is 4.79 Å². The van der Waals surface area contributed by atoms with Crippen LogP contribution in [-0.2, 0) is 12.8 Å². The summed E-state index contributed by atoms with van der Waals surface area (Å²) in [6, 6.07) is 2.29. The first-order valence-corrected chi connectivity index (χ1v) is 8.32. The lowest BCUT2D eigenvalue weighted by Gasteiger charge is -2.39. The normalized spacial score (nSPS) is 23.7. The Hall–Kier alpha value is -0.910. The summed E-state index contributed by atoms with van der Waals surface area (Å²) in [7, 11) is 2.09. The Bertz CT molecular complexity index is 476. The van der Waals surface area contributed by atoms with Crippen LogP contribution in [-0.4, -0.2) is 55.0 Å². The number of fused-ring (bicyclic) bond motifs is 1. The molecule has 1 fully saturated rings. The Morgan fingerprint density at radius 2 is 2.20 bits per heavy atom. The third-order valence-corrected chi connectivity index (χ3v) is 5.65. The first-order valence-electron chi connectivity index (χ1n) is 7.50. The van der Waals surface area contributed by atoms with Crippen LogP contribution in [0.1, 0.15) is 33.0 Å². The molecule has 1 amide bonds. The summed E-state index contributed by atoms with van der Waals surface area (Å²) in [6.45, 7) is 3.15. The van der Waals surface area contributed by atoms with Gasteiger partial charge >= 0.3 is 0 Å². The van der Waals surface area contributed by atoms with E-state index in [0.29, 0.717) is 6.54 Å². The largest absolute Gasteiger partial charge is 0.331 e. The number of nitrogens with zero attached hydrogens (tertiary/aromatic N) is 2. The van der Waals surface area contributed by atoms with Crippen LogP contribution in [0, 0.1) is 0 Å². The zero-order valence-electron chi connectivity index (χ0n) is 12.1. The Morgan fingerprint density at radius 1 is 1.40 bits per heavy atom. The average Bonchev–Trinajstić information content (AvgIpc) is 2.90. The van der Waals surface area contributed by atoms with Gasteiger partial charge in [0.2, 0.25) is 0 Å². The van der Waals surface area contributed by atoms with Gasteiger partial charge in [-0.15, -0.1) is 11.3 Å². The van der Waals surface area contributed by atoms with Crippen molar-refractivity contribution in [2.24, 2.45) is 5.73 Å². The lowest BCUT2D eigenvalue weighted by Crippen LogP contribution is -2.56. The molecule has 1 atom stereocenters. The van der Waals surface area contributed by atoms with Gasteiger partial charge in [-0.1, -0.05) is 0 Å². The number of piperazine rings is 1. The van der Waals surface area contributed by atoms with E-state index < -0.39 is 0 Å². The standard InChI is InChI=1S/C15H23N3OS/c1-17-6-7-18(12(9-16)10-17)15(19)14-8-11-4-2-3-5-13(11)20-14/h8,12H,2-7,9-10,16H2,1H3. The maximum absolute atomic E-state index is 12.8. The van der Waals surface area contributed by atoms with E-state index >= 15 is 0 Å². The van der Waals surface area contributed by atoms with Crippen molar-refractivity contribution < 1.29 is 4.79 Å². The highest BCUT2D eigenvalue weighted by atomic mass is 32.1. The van der Waals surface area contributed by atoms with E-state index in [0.717, 1.165) is 37.4 Å². The van der Waals surface area contributed by atoms with Crippen LogP contribution in [0.25, 0.3) is 0 Å². The number of rotatable bonds is 2. The summed E-state index contributed by atoms with van der Waals surface area (Å²) in [6.07, 6.45) is 4.82. The molecule has 0 radical (unpaired) electrons. The van der Waals surface area contributed by atoms with Crippen LogP contribution in [0.15, 0.2) is 6.07 Å². The maximum atomic E-state index is 12.8. The number of hydrogen-bond donors (Lipinski definition) is 1. The fourth-order valence-electron chi connectivity index (χ4n) is 3.22. The summed E-state index contributed by atoms with van der Waals surface area (Å²) in [4.78, 5) is 19.3. The van der Waals surface area contributed by atoms with Crippen molar-refractivity contribution >= 4 is 17.2 Å². The molecule has 4 nitrogen and oxygen atoms in total. The van der Waals surface area contributed by atoms with Gasteiger partial charge in [0, 0.05) is 31.1 Å². The number of aryl methyl sites for hydroxylation is 2. The molecular formula is C15H23N3OS. The van der Waals surface area contributed by atoms with E-state index in [4.69, 9.17) is 5.73 Å². The lowest BCUT2D eigenvalue weighted by atomic mass is 9.99. The highest BCUT2D eigenvalue weighted by Gasteiger charge is 2.30. The second-order valence-corrected chi connectivity index (χ2v) is 7.05. The van der Waals surface area contributed by atoms with Crippen LogP contribution in [0.5, 0.6) is 0 Å². The smallest absolute Gasteiger partial charge is 0.264 e. The highest BCUT2D eigenvalue weighted by Crippen LogP contribution is 2.30. The van der Waals surface area contributed by atoms with Gasteiger partial charge in [-0.25, -0.2) is 0 Å². The Kier molecular flexibility index (Phi) is 4.10. The van der Waals surface area contributed by atoms with Gasteiger partial charge in [-0.05, 0) is 44.4 Å². The molecule has 2 aliphatic rings. The Balaban J connectivity index is 1.79. The molecule has 2 heterocycles. The van der Waals surface area contributed by atoms with Gasteiger partial charge in [-0.2, -0.15) is 0 Å². The number of carbonyl (C=O) groups is 1. The first-order chi connectivity index (χ1) is 9.69. The quantitative estimate of drug-likeness (QED) is 0.895. The molecule has 0 spiro atoms. The average molecular weight is 293 g/mol. The molecule has 2 N–H and O–H groups in total. The predicted octanol–water partition coefficient (Wildman–Crippen LogP) is 1.34. The van der Waals surface area contributed by atoms with E-state index in [-0.39, 0.29) is 11.9 Å². The van der Waals surface area contributed by atoms with Gasteiger partial charge in [0.15, 0.2) is 0 Å². The molecule has 20 heavy (non-hydrogen) atoms. The monoisotopic (exact) mass is 293 g/mol. The van der Waals surface area contributed by atoms with Crippen LogP contribution >= 0.6 is 11.3 Å².